The maximum atomic E-state index is 15.0. The van der Waals surface area contributed by atoms with Gasteiger partial charge >= 0.3 is 0 Å². The minimum absolute atomic E-state index is 0. The molecule has 6 aromatic carbocycles. The van der Waals surface area contributed by atoms with Crippen molar-refractivity contribution in [1.29, 1.82) is 0 Å². The third kappa shape index (κ3) is 23.5. The smallest absolute Gasteiger partial charge is 0.252 e. The van der Waals surface area contributed by atoms with Crippen LogP contribution in [0.5, 0.6) is 0 Å². The zero-order chi connectivity index (χ0) is 83.4. The van der Waals surface area contributed by atoms with Crippen LogP contribution in [0.25, 0.3) is 31.7 Å². The van der Waals surface area contributed by atoms with Crippen molar-refractivity contribution in [1.82, 2.24) is 40.3 Å². The molecule has 4 N–H and O–H groups in total. The molecule has 3 fully saturated rings. The summed E-state index contributed by atoms with van der Waals surface area (Å²) in [6.45, 7) is 32.2. The van der Waals surface area contributed by atoms with Crippen LogP contribution in [-0.4, -0.2) is 135 Å². The highest BCUT2D eigenvalue weighted by Crippen LogP contribution is 2.49. The van der Waals surface area contributed by atoms with E-state index in [1.807, 2.05) is 125 Å². The van der Waals surface area contributed by atoms with Gasteiger partial charge in [-0.3, -0.25) is 18.8 Å². The highest BCUT2D eigenvalue weighted by molar-refractivity contribution is 7.15. The van der Waals surface area contributed by atoms with Crippen LogP contribution in [0.3, 0.4) is 0 Å². The zero-order valence-corrected chi connectivity index (χ0v) is 70.8. The second kappa shape index (κ2) is 40.6. The number of thiazole rings is 3. The first kappa shape index (κ1) is 91.8. The molecule has 3 aliphatic rings. The lowest BCUT2D eigenvalue weighted by atomic mass is 9.81. The van der Waals surface area contributed by atoms with Crippen molar-refractivity contribution in [3.05, 3.63) is 229 Å². The number of rotatable bonds is 26. The normalized spacial score (nSPS) is 18.5. The van der Waals surface area contributed by atoms with Crippen molar-refractivity contribution >= 4 is 51.7 Å². The molecule has 24 heteroatoms. The van der Waals surface area contributed by atoms with Crippen molar-refractivity contribution in [2.45, 2.75) is 179 Å². The summed E-state index contributed by atoms with van der Waals surface area (Å²) in [6, 6.07) is 38.3. The fourth-order valence-electron chi connectivity index (χ4n) is 15.5. The minimum Gasteiger partial charge on any atom is -0.384 e. The molecule has 3 saturated heterocycles. The van der Waals surface area contributed by atoms with Gasteiger partial charge in [0, 0.05) is 76.8 Å². The van der Waals surface area contributed by atoms with Gasteiger partial charge in [0.15, 0.2) is 0 Å². The Balaban J connectivity index is 0.000000198. The number of aromatic nitrogens is 3. The predicted octanol–water partition coefficient (Wildman–Crippen LogP) is 20.1. The number of amides is 3. The largest absolute Gasteiger partial charge is 0.384 e. The molecule has 3 amide bonds. The lowest BCUT2D eigenvalue weighted by Crippen LogP contribution is -2.48. The number of ether oxygens (including phenoxy) is 1. The van der Waals surface area contributed by atoms with Crippen LogP contribution < -0.4 is 10.6 Å². The molecule has 9 aromatic rings. The number of aliphatic hydroxyl groups excluding tert-OH is 2. The molecular formula is C92H115F7N8O6S3. The summed E-state index contributed by atoms with van der Waals surface area (Å²) in [6.07, 6.45) is 0.674. The van der Waals surface area contributed by atoms with Gasteiger partial charge in [-0.15, -0.1) is 34.0 Å². The number of benzene rings is 6. The highest BCUT2D eigenvalue weighted by atomic mass is 32.1. The molecule has 6 heterocycles. The second-order valence-corrected chi connectivity index (χ2v) is 37.6. The Hall–Kier alpha value is -8.07. The molecule has 14 nitrogen and oxygen atoms in total. The molecule has 3 aliphatic heterocycles. The Bertz CT molecular complexity index is 4690. The van der Waals surface area contributed by atoms with Crippen LogP contribution in [-0.2, 0) is 38.4 Å². The summed E-state index contributed by atoms with van der Waals surface area (Å²) in [5.41, 5.74) is 4.05. The molecule has 626 valence electrons. The SMILES string of the molecule is C.C[C@H](CF)CCN(C(=O)[C@H](C)O)[C@@H](c1nc(-c2cc(F)ccc2F)sc1Cc1ccccc1)C(C)(C)C.C[C@H](O)C(=O)N(C[C@@H]1CNC[C@@H]1C)[C@@H](c1nc(-c2cc(F)ccc2F)sc1Cc1ccccc1)C(C)(C)C.C[C@H]1CNC[C@H]1CN(C(=O)C1CCCO1)[C@@H](c1nc(-c2cc(F)ccc2F)sc1Cc1ccccc1)C(C)(C)C. The van der Waals surface area contributed by atoms with Gasteiger partial charge in [0.25, 0.3) is 17.7 Å². The van der Waals surface area contributed by atoms with Gasteiger partial charge in [-0.25, -0.2) is 41.3 Å². The van der Waals surface area contributed by atoms with Gasteiger partial charge in [-0.1, -0.05) is 182 Å². The Labute approximate surface area is 692 Å². The lowest BCUT2D eigenvalue weighted by molar-refractivity contribution is -0.147. The number of nitrogens with one attached hydrogen (secondary N) is 2. The van der Waals surface area contributed by atoms with Crippen molar-refractivity contribution < 1.29 is 60.1 Å². The standard InChI is InChI=1S/C32H39F2N3O2S.C30H37F2N3O2S.C29H35F3N2O2S.CH4/c1-20-17-35-18-22(20)19-37(31(38)26-11-8-14-39-26)29(32(2,3)4)28-27(15-21-9-6-5-7-10-21)40-30(36-28)24-16-23(33)12-13-25(24)34;1-18-15-33-16-21(18)17-35(29(37)19(2)36)27(30(3,4)5)26-25(13-20-9-7-6-8-10-20)38-28(34-26)23-14-22(31)11-12-24(23)32;1-18(17-30)13-14-34(28(36)19(2)35)26(29(3,4)5)25-24(15-20-9-7-6-8-10-20)37-27(33-25)22-16-21(31)11-12-23(22)32;/h5-7,9-10,12-13,16,20,22,26,29,35H,8,11,14-15,17-19H2,1-4H3;6-12,14,18-19,21,27,33,36H,13,15-17H2,1-5H3;6-12,16,18-19,26,35H,13-15,17H2,1-5H3;1H4/t20-,22-,26?,29-;18-,19-,21-,27-;18-,19-,26-;/m000./s1. The van der Waals surface area contributed by atoms with Crippen molar-refractivity contribution in [3.63, 3.8) is 0 Å². The summed E-state index contributed by atoms with van der Waals surface area (Å²) >= 11 is 3.97. The quantitative estimate of drug-likeness (QED) is 0.0380. The Morgan fingerprint density at radius 3 is 1.15 bits per heavy atom. The van der Waals surface area contributed by atoms with E-state index >= 15 is 0 Å². The maximum Gasteiger partial charge on any atom is 0.252 e. The van der Waals surface area contributed by atoms with Crippen LogP contribution >= 0.6 is 34.0 Å². The average molecular weight is 1660 g/mol. The van der Waals surface area contributed by atoms with Gasteiger partial charge in [0.2, 0.25) is 0 Å². The Morgan fingerprint density at radius 2 is 0.836 bits per heavy atom. The van der Waals surface area contributed by atoms with Crippen LogP contribution in [0.2, 0.25) is 0 Å². The maximum absolute atomic E-state index is 15.0. The number of hydrogen-bond acceptors (Lipinski definition) is 14. The molecule has 0 saturated carbocycles. The molecule has 0 spiro atoms. The molecule has 116 heavy (non-hydrogen) atoms. The van der Waals surface area contributed by atoms with E-state index in [0.717, 1.165) is 112 Å². The minimum atomic E-state index is -1.26. The average Bonchev–Trinajstić information content (AvgIpc) is 1.62. The first-order valence-electron chi connectivity index (χ1n) is 39.8. The number of carbonyl (C=O) groups is 3. The first-order chi connectivity index (χ1) is 54.5. The van der Waals surface area contributed by atoms with Gasteiger partial charge in [-0.2, -0.15) is 0 Å². The Kier molecular flexibility index (Phi) is 32.1. The molecule has 0 bridgehead atoms. The summed E-state index contributed by atoms with van der Waals surface area (Å²) in [7, 11) is 0. The van der Waals surface area contributed by atoms with E-state index in [4.69, 9.17) is 19.7 Å². The van der Waals surface area contributed by atoms with E-state index in [1.165, 1.54) is 60.0 Å². The van der Waals surface area contributed by atoms with Gasteiger partial charge < -0.3 is 40.3 Å². The summed E-state index contributed by atoms with van der Waals surface area (Å²) in [5, 5.41) is 28.7. The van der Waals surface area contributed by atoms with E-state index in [2.05, 4.69) is 57.4 Å². The van der Waals surface area contributed by atoms with Crippen molar-refractivity contribution in [2.24, 2.45) is 45.8 Å². The monoisotopic (exact) mass is 1660 g/mol. The lowest BCUT2D eigenvalue weighted by Gasteiger charge is -2.42. The zero-order valence-electron chi connectivity index (χ0n) is 68.4. The molecular weight excluding hydrogens is 1540 g/mol. The Morgan fingerprint density at radius 1 is 0.500 bits per heavy atom. The third-order valence-electron chi connectivity index (χ3n) is 21.6. The van der Waals surface area contributed by atoms with E-state index in [9.17, 15) is 55.3 Å². The molecule has 0 radical (unpaired) electrons. The number of aliphatic hydroxyl groups is 2. The van der Waals surface area contributed by atoms with Crippen LogP contribution in [0, 0.1) is 80.7 Å². The number of hydrogen-bond donors (Lipinski definition) is 4. The number of nitrogens with zero attached hydrogens (tertiary/aromatic N) is 6. The van der Waals surface area contributed by atoms with E-state index in [-0.39, 0.29) is 65.8 Å². The van der Waals surface area contributed by atoms with E-state index in [0.29, 0.717) is 96.0 Å². The van der Waals surface area contributed by atoms with E-state index in [1.54, 1.807) is 16.7 Å². The van der Waals surface area contributed by atoms with Crippen molar-refractivity contribution in [2.75, 3.05) is 59.1 Å². The molecule has 3 aromatic heterocycles. The van der Waals surface area contributed by atoms with Crippen LogP contribution in [0.1, 0.15) is 190 Å². The fraction of sp³-hybridized carbons (Fsp3) is 0.478. The van der Waals surface area contributed by atoms with Crippen LogP contribution in [0.15, 0.2) is 146 Å². The number of carbonyl (C=O) groups excluding carboxylic acids is 3. The van der Waals surface area contributed by atoms with Gasteiger partial charge in [0.1, 0.15) is 68.2 Å². The molecule has 11 atom stereocenters. The predicted molar refractivity (Wildman–Crippen MR) is 452 cm³/mol. The molecule has 12 rings (SSSR count). The van der Waals surface area contributed by atoms with Gasteiger partial charge in [0.05, 0.1) is 41.9 Å². The van der Waals surface area contributed by atoms with Crippen molar-refractivity contribution in [3.8, 4) is 31.7 Å². The van der Waals surface area contributed by atoms with Gasteiger partial charge in [-0.05, 0) is 176 Å². The number of alkyl halides is 1. The number of halogens is 7. The summed E-state index contributed by atoms with van der Waals surface area (Å²) in [4.78, 5) is 63.8. The van der Waals surface area contributed by atoms with E-state index < -0.39 is 88.7 Å². The van der Waals surface area contributed by atoms with Crippen LogP contribution in [0.4, 0.5) is 30.7 Å². The molecule has 0 aliphatic carbocycles. The first-order valence-corrected chi connectivity index (χ1v) is 42.3. The summed E-state index contributed by atoms with van der Waals surface area (Å²) < 4.78 is 106. The second-order valence-electron chi connectivity index (χ2n) is 34.4. The fourth-order valence-corrected chi connectivity index (χ4v) is 18.9. The summed E-state index contributed by atoms with van der Waals surface area (Å²) in [5.74, 6) is -3.07. The third-order valence-corrected chi connectivity index (χ3v) is 24.9. The molecule has 1 unspecified atom stereocenters. The topological polar surface area (TPSA) is 173 Å². The highest BCUT2D eigenvalue weighted by Gasteiger charge is 2.46.